The van der Waals surface area contributed by atoms with Crippen LogP contribution in [0.5, 0.6) is 0 Å². The van der Waals surface area contributed by atoms with Crippen LogP contribution in [0.25, 0.3) is 0 Å². The summed E-state index contributed by atoms with van der Waals surface area (Å²) in [7, 11) is 0. The Morgan fingerprint density at radius 1 is 1.26 bits per heavy atom. The molecular formula is C14H16ClFO3. The quantitative estimate of drug-likeness (QED) is 0.722. The lowest BCUT2D eigenvalue weighted by Gasteiger charge is -2.04. The van der Waals surface area contributed by atoms with Crippen molar-refractivity contribution in [3.63, 3.8) is 0 Å². The van der Waals surface area contributed by atoms with E-state index in [1.807, 2.05) is 0 Å². The van der Waals surface area contributed by atoms with Gasteiger partial charge in [-0.1, -0.05) is 11.6 Å². The molecule has 0 unspecified atom stereocenters. The highest BCUT2D eigenvalue weighted by Crippen LogP contribution is 2.16. The number of benzene rings is 1. The number of halogens is 2. The lowest BCUT2D eigenvalue weighted by Crippen LogP contribution is -2.08. The number of rotatable bonds is 7. The average Bonchev–Trinajstić information content (AvgIpc) is 2.38. The first-order valence-electron chi connectivity index (χ1n) is 6.14. The van der Waals surface area contributed by atoms with Gasteiger partial charge in [-0.25, -0.2) is 4.39 Å². The normalized spacial score (nSPS) is 10.3. The van der Waals surface area contributed by atoms with Crippen LogP contribution in [0.2, 0.25) is 5.02 Å². The lowest BCUT2D eigenvalue weighted by molar-refractivity contribution is -0.144. The molecular weight excluding hydrogens is 271 g/mol. The minimum absolute atomic E-state index is 0.0741. The van der Waals surface area contributed by atoms with Gasteiger partial charge in [0, 0.05) is 17.9 Å². The highest BCUT2D eigenvalue weighted by atomic mass is 35.5. The van der Waals surface area contributed by atoms with Crippen LogP contribution in [0.1, 0.15) is 31.7 Å². The molecule has 0 spiro atoms. The molecule has 1 rings (SSSR count). The third kappa shape index (κ3) is 5.83. The van der Waals surface area contributed by atoms with Crippen molar-refractivity contribution < 1.29 is 18.7 Å². The molecule has 0 aromatic heterocycles. The summed E-state index contributed by atoms with van der Waals surface area (Å²) in [5.41, 5.74) is 0.414. The van der Waals surface area contributed by atoms with Gasteiger partial charge in [-0.2, -0.15) is 0 Å². The molecule has 0 fully saturated rings. The first-order valence-corrected chi connectivity index (χ1v) is 6.52. The average molecular weight is 287 g/mol. The molecule has 0 bridgehead atoms. The third-order valence-corrected chi connectivity index (χ3v) is 2.83. The second kappa shape index (κ2) is 7.89. The topological polar surface area (TPSA) is 43.4 Å². The molecule has 0 aliphatic rings. The van der Waals surface area contributed by atoms with E-state index in [0.717, 1.165) is 0 Å². The minimum atomic E-state index is -0.384. The van der Waals surface area contributed by atoms with E-state index in [9.17, 15) is 14.0 Å². The summed E-state index contributed by atoms with van der Waals surface area (Å²) in [6.07, 6.45) is 0.677. The van der Waals surface area contributed by atoms with Gasteiger partial charge < -0.3 is 4.74 Å². The van der Waals surface area contributed by atoms with Crippen LogP contribution >= 0.6 is 11.6 Å². The Hall–Kier alpha value is -1.42. The summed E-state index contributed by atoms with van der Waals surface area (Å²) < 4.78 is 18.1. The van der Waals surface area contributed by atoms with Gasteiger partial charge in [-0.05, 0) is 37.1 Å². The molecule has 3 nitrogen and oxygen atoms in total. The van der Waals surface area contributed by atoms with Gasteiger partial charge >= 0.3 is 5.97 Å². The molecule has 104 valence electrons. The fourth-order valence-electron chi connectivity index (χ4n) is 1.61. The number of aryl methyl sites for hydroxylation is 1. The maximum absolute atomic E-state index is 13.4. The highest BCUT2D eigenvalue weighted by Gasteiger charge is 2.10. The SMILES string of the molecule is CCOC(=O)CCC(=O)CCc1cc(Cl)ccc1F. The fraction of sp³-hybridized carbons (Fsp3) is 0.429. The van der Waals surface area contributed by atoms with Crippen LogP contribution in [0.4, 0.5) is 4.39 Å². The summed E-state index contributed by atoms with van der Waals surface area (Å²) in [6.45, 7) is 2.02. The lowest BCUT2D eigenvalue weighted by atomic mass is 10.0. The number of Topliss-reactive ketones (excluding diaryl/α,β-unsaturated/α-hetero) is 1. The summed E-state index contributed by atoms with van der Waals surface area (Å²) in [5, 5.41) is 0.440. The molecule has 19 heavy (non-hydrogen) atoms. The number of hydrogen-bond donors (Lipinski definition) is 0. The molecule has 0 amide bonds. The van der Waals surface area contributed by atoms with Crippen LogP contribution in [-0.2, 0) is 20.7 Å². The first-order chi connectivity index (χ1) is 9.02. The van der Waals surface area contributed by atoms with E-state index in [1.54, 1.807) is 6.92 Å². The van der Waals surface area contributed by atoms with Gasteiger partial charge in [-0.3, -0.25) is 9.59 Å². The fourth-order valence-corrected chi connectivity index (χ4v) is 1.80. The smallest absolute Gasteiger partial charge is 0.306 e. The van der Waals surface area contributed by atoms with Crippen molar-refractivity contribution in [3.05, 3.63) is 34.6 Å². The molecule has 0 heterocycles. The van der Waals surface area contributed by atoms with Crippen molar-refractivity contribution in [1.82, 2.24) is 0 Å². The van der Waals surface area contributed by atoms with E-state index < -0.39 is 0 Å². The summed E-state index contributed by atoms with van der Waals surface area (Å²) in [5.74, 6) is -0.847. The van der Waals surface area contributed by atoms with Crippen molar-refractivity contribution >= 4 is 23.4 Å². The Balaban J connectivity index is 2.38. The van der Waals surface area contributed by atoms with Gasteiger partial charge in [0.1, 0.15) is 11.6 Å². The van der Waals surface area contributed by atoms with Crippen LogP contribution in [0.15, 0.2) is 18.2 Å². The van der Waals surface area contributed by atoms with E-state index in [4.69, 9.17) is 16.3 Å². The molecule has 0 aliphatic heterocycles. The number of ketones is 1. The molecule has 0 saturated heterocycles. The number of carbonyl (C=O) groups is 2. The van der Waals surface area contributed by atoms with Gasteiger partial charge in [0.2, 0.25) is 0 Å². The van der Waals surface area contributed by atoms with E-state index in [2.05, 4.69) is 0 Å². The third-order valence-electron chi connectivity index (χ3n) is 2.59. The largest absolute Gasteiger partial charge is 0.466 e. The molecule has 5 heteroatoms. The number of ether oxygens (including phenoxy) is 1. The molecule has 1 aromatic carbocycles. The minimum Gasteiger partial charge on any atom is -0.466 e. The van der Waals surface area contributed by atoms with Crippen molar-refractivity contribution in [2.75, 3.05) is 6.61 Å². The van der Waals surface area contributed by atoms with E-state index in [-0.39, 0.29) is 43.3 Å². The molecule has 0 atom stereocenters. The van der Waals surface area contributed by atoms with Gasteiger partial charge in [0.05, 0.1) is 13.0 Å². The maximum Gasteiger partial charge on any atom is 0.306 e. The van der Waals surface area contributed by atoms with E-state index in [0.29, 0.717) is 17.2 Å². The Labute approximate surface area is 116 Å². The number of carbonyl (C=O) groups excluding carboxylic acids is 2. The van der Waals surface area contributed by atoms with E-state index in [1.165, 1.54) is 18.2 Å². The monoisotopic (exact) mass is 286 g/mol. The number of esters is 1. The zero-order valence-electron chi connectivity index (χ0n) is 10.7. The van der Waals surface area contributed by atoms with E-state index >= 15 is 0 Å². The molecule has 1 aromatic rings. The second-order valence-corrected chi connectivity index (χ2v) is 4.52. The predicted octanol–water partition coefficient (Wildman–Crippen LogP) is 3.32. The predicted molar refractivity (Wildman–Crippen MR) is 70.6 cm³/mol. The van der Waals surface area contributed by atoms with Crippen LogP contribution in [0.3, 0.4) is 0 Å². The van der Waals surface area contributed by atoms with Gasteiger partial charge in [0.15, 0.2) is 0 Å². The zero-order valence-corrected chi connectivity index (χ0v) is 11.5. The van der Waals surface area contributed by atoms with Crippen molar-refractivity contribution in [1.29, 1.82) is 0 Å². The zero-order chi connectivity index (χ0) is 14.3. The number of hydrogen-bond acceptors (Lipinski definition) is 3. The highest BCUT2D eigenvalue weighted by molar-refractivity contribution is 6.30. The summed E-state index contributed by atoms with van der Waals surface area (Å²) in [6, 6.07) is 4.25. The standard InChI is InChI=1S/C14H16ClFO3/c1-2-19-14(18)8-6-12(17)5-3-10-9-11(15)4-7-13(10)16/h4,7,9H,2-3,5-6,8H2,1H3. The van der Waals surface area contributed by atoms with Crippen LogP contribution < -0.4 is 0 Å². The van der Waals surface area contributed by atoms with Crippen molar-refractivity contribution in [3.8, 4) is 0 Å². The van der Waals surface area contributed by atoms with Crippen molar-refractivity contribution in [2.24, 2.45) is 0 Å². The summed E-state index contributed by atoms with van der Waals surface area (Å²) >= 11 is 5.76. The molecule has 0 aliphatic carbocycles. The molecule has 0 saturated carbocycles. The Morgan fingerprint density at radius 3 is 2.68 bits per heavy atom. The maximum atomic E-state index is 13.4. The first kappa shape index (κ1) is 15.6. The Bertz CT molecular complexity index is 460. The van der Waals surface area contributed by atoms with Gasteiger partial charge in [-0.15, -0.1) is 0 Å². The Kier molecular flexibility index (Phi) is 6.50. The van der Waals surface area contributed by atoms with Gasteiger partial charge in [0.25, 0.3) is 0 Å². The van der Waals surface area contributed by atoms with Crippen LogP contribution in [-0.4, -0.2) is 18.4 Å². The second-order valence-electron chi connectivity index (χ2n) is 4.08. The van der Waals surface area contributed by atoms with Crippen molar-refractivity contribution in [2.45, 2.75) is 32.6 Å². The summed E-state index contributed by atoms with van der Waals surface area (Å²) in [4.78, 5) is 22.6. The molecule has 0 radical (unpaired) electrons. The Morgan fingerprint density at radius 2 is 2.00 bits per heavy atom. The molecule has 0 N–H and O–H groups in total. The van der Waals surface area contributed by atoms with Crippen LogP contribution in [0, 0.1) is 5.82 Å².